The maximum absolute atomic E-state index is 12.5. The van der Waals surface area contributed by atoms with Gasteiger partial charge in [-0.05, 0) is 38.1 Å². The topological polar surface area (TPSA) is 44.8 Å². The van der Waals surface area contributed by atoms with Crippen LogP contribution in [0.15, 0.2) is 0 Å². The van der Waals surface area contributed by atoms with Crippen LogP contribution in [0.3, 0.4) is 0 Å². The van der Waals surface area contributed by atoms with Crippen molar-refractivity contribution in [1.82, 2.24) is 15.1 Å². The van der Waals surface area contributed by atoms with Crippen molar-refractivity contribution in [3.05, 3.63) is 0 Å². The fourth-order valence-electron chi connectivity index (χ4n) is 3.77. The van der Waals surface area contributed by atoms with Crippen LogP contribution < -0.4 is 5.32 Å². The number of hydrogen-bond acceptors (Lipinski definition) is 4. The van der Waals surface area contributed by atoms with Crippen molar-refractivity contribution in [1.29, 1.82) is 0 Å². The molecule has 0 bridgehead atoms. The fourth-order valence-corrected chi connectivity index (χ4v) is 3.77. The molecule has 0 aliphatic carbocycles. The van der Waals surface area contributed by atoms with E-state index in [0.29, 0.717) is 5.91 Å². The van der Waals surface area contributed by atoms with Gasteiger partial charge in [0.1, 0.15) is 0 Å². The van der Waals surface area contributed by atoms with Crippen LogP contribution >= 0.6 is 24.8 Å². The Bertz CT molecular complexity index is 340. The number of carbonyl (C=O) groups excluding carboxylic acids is 1. The highest BCUT2D eigenvalue weighted by molar-refractivity contribution is 5.85. The second kappa shape index (κ2) is 10.7. The Morgan fingerprint density at radius 3 is 2.30 bits per heavy atom. The summed E-state index contributed by atoms with van der Waals surface area (Å²) in [6, 6.07) is 0.0922. The number of amides is 1. The lowest BCUT2D eigenvalue weighted by Gasteiger charge is -2.37. The lowest BCUT2D eigenvalue weighted by Crippen LogP contribution is -2.51. The quantitative estimate of drug-likeness (QED) is 0.821. The van der Waals surface area contributed by atoms with E-state index in [4.69, 9.17) is 4.74 Å². The van der Waals surface area contributed by atoms with Gasteiger partial charge in [0.2, 0.25) is 5.91 Å². The lowest BCUT2D eigenvalue weighted by atomic mass is 9.94. The summed E-state index contributed by atoms with van der Waals surface area (Å²) in [5.41, 5.74) is 0. The van der Waals surface area contributed by atoms with Crippen molar-refractivity contribution < 1.29 is 9.53 Å². The molecule has 3 aliphatic heterocycles. The molecule has 3 fully saturated rings. The highest BCUT2D eigenvalue weighted by Gasteiger charge is 2.29. The minimum Gasteiger partial charge on any atom is -0.379 e. The first kappa shape index (κ1) is 21.0. The minimum atomic E-state index is 0. The Morgan fingerprint density at radius 1 is 1.00 bits per heavy atom. The molecular formula is C16H31Cl2N3O2. The van der Waals surface area contributed by atoms with E-state index in [9.17, 15) is 4.79 Å². The molecule has 136 valence electrons. The zero-order chi connectivity index (χ0) is 14.5. The number of nitrogens with one attached hydrogen (secondary N) is 1. The summed E-state index contributed by atoms with van der Waals surface area (Å²) in [6.45, 7) is 8.00. The summed E-state index contributed by atoms with van der Waals surface area (Å²) in [4.78, 5) is 17.1. The van der Waals surface area contributed by atoms with E-state index in [1.165, 1.54) is 19.4 Å². The summed E-state index contributed by atoms with van der Waals surface area (Å²) in [7, 11) is 0. The van der Waals surface area contributed by atoms with Crippen molar-refractivity contribution in [2.45, 2.75) is 38.1 Å². The maximum atomic E-state index is 12.5. The molecule has 1 N–H and O–H groups in total. The number of hydrogen-bond donors (Lipinski definition) is 1. The predicted molar refractivity (Wildman–Crippen MR) is 96.7 cm³/mol. The van der Waals surface area contributed by atoms with Gasteiger partial charge in [0.15, 0.2) is 0 Å². The Balaban J connectivity index is 0.00000132. The summed E-state index contributed by atoms with van der Waals surface area (Å²) >= 11 is 0. The van der Waals surface area contributed by atoms with E-state index < -0.39 is 0 Å². The van der Waals surface area contributed by atoms with Crippen LogP contribution in [-0.2, 0) is 9.53 Å². The molecule has 3 rings (SSSR count). The monoisotopic (exact) mass is 367 g/mol. The number of piperidine rings is 2. The van der Waals surface area contributed by atoms with E-state index in [-0.39, 0.29) is 30.9 Å². The molecule has 3 aliphatic rings. The zero-order valence-corrected chi connectivity index (χ0v) is 15.5. The number of morpholine rings is 1. The van der Waals surface area contributed by atoms with E-state index in [1.54, 1.807) is 0 Å². The van der Waals surface area contributed by atoms with Crippen molar-refractivity contribution in [2.24, 2.45) is 5.92 Å². The summed E-state index contributed by atoms with van der Waals surface area (Å²) in [5.74, 6) is 1.10. The SMILES string of the molecule is Cl.Cl.O=C([C@@H]1CCCCN1)N1CCC(CN2CCOCC2)CC1. The molecule has 3 heterocycles. The first-order chi connectivity index (χ1) is 10.3. The number of halogens is 2. The Kier molecular flexibility index (Phi) is 9.78. The van der Waals surface area contributed by atoms with Crippen LogP contribution in [0.25, 0.3) is 0 Å². The van der Waals surface area contributed by atoms with Crippen LogP contribution in [0, 0.1) is 5.92 Å². The highest BCUT2D eigenvalue weighted by Crippen LogP contribution is 2.21. The van der Waals surface area contributed by atoms with Gasteiger partial charge in [-0.1, -0.05) is 6.42 Å². The third kappa shape index (κ3) is 6.05. The average Bonchev–Trinajstić information content (AvgIpc) is 2.57. The van der Waals surface area contributed by atoms with Crippen LogP contribution in [0.1, 0.15) is 32.1 Å². The van der Waals surface area contributed by atoms with Gasteiger partial charge in [0, 0.05) is 32.7 Å². The van der Waals surface area contributed by atoms with E-state index >= 15 is 0 Å². The Morgan fingerprint density at radius 2 is 1.70 bits per heavy atom. The molecule has 0 aromatic heterocycles. The van der Waals surface area contributed by atoms with E-state index in [2.05, 4.69) is 15.1 Å². The minimum absolute atomic E-state index is 0. The van der Waals surface area contributed by atoms with Gasteiger partial charge in [0.25, 0.3) is 0 Å². The molecule has 23 heavy (non-hydrogen) atoms. The molecule has 0 unspecified atom stereocenters. The van der Waals surface area contributed by atoms with Crippen molar-refractivity contribution in [3.63, 3.8) is 0 Å². The second-order valence-corrected chi connectivity index (χ2v) is 6.68. The van der Waals surface area contributed by atoms with Crippen molar-refractivity contribution in [2.75, 3.05) is 52.5 Å². The number of carbonyl (C=O) groups is 1. The van der Waals surface area contributed by atoms with Gasteiger partial charge in [-0.2, -0.15) is 0 Å². The molecule has 0 spiro atoms. The zero-order valence-electron chi connectivity index (χ0n) is 13.9. The molecule has 0 aromatic carbocycles. The molecule has 7 heteroatoms. The Hall–Kier alpha value is -0.0700. The largest absolute Gasteiger partial charge is 0.379 e. The van der Waals surface area contributed by atoms with E-state index in [0.717, 1.165) is 71.1 Å². The number of nitrogens with zero attached hydrogens (tertiary/aromatic N) is 2. The van der Waals surface area contributed by atoms with Crippen LogP contribution in [0.5, 0.6) is 0 Å². The summed E-state index contributed by atoms with van der Waals surface area (Å²) < 4.78 is 5.40. The molecule has 0 radical (unpaired) electrons. The van der Waals surface area contributed by atoms with Gasteiger partial charge in [-0.25, -0.2) is 0 Å². The first-order valence-corrected chi connectivity index (χ1v) is 8.65. The number of likely N-dealkylation sites (tertiary alicyclic amines) is 1. The molecule has 1 atom stereocenters. The standard InChI is InChI=1S/C16H29N3O2.2ClH/c20-16(15-3-1-2-6-17-15)19-7-4-14(5-8-19)13-18-9-11-21-12-10-18;;/h14-15,17H,1-13H2;2*1H/t15-;;/m0../s1. The second-order valence-electron chi connectivity index (χ2n) is 6.68. The number of ether oxygens (including phenoxy) is 1. The van der Waals surface area contributed by atoms with Gasteiger partial charge in [-0.3, -0.25) is 9.69 Å². The maximum Gasteiger partial charge on any atom is 0.239 e. The third-order valence-corrected chi connectivity index (χ3v) is 5.15. The fraction of sp³-hybridized carbons (Fsp3) is 0.938. The lowest BCUT2D eigenvalue weighted by molar-refractivity contribution is -0.135. The molecule has 0 aromatic rings. The van der Waals surface area contributed by atoms with Gasteiger partial charge < -0.3 is 15.0 Å². The van der Waals surface area contributed by atoms with Crippen LogP contribution in [0.2, 0.25) is 0 Å². The normalized spacial score (nSPS) is 27.0. The average molecular weight is 368 g/mol. The first-order valence-electron chi connectivity index (χ1n) is 8.65. The van der Waals surface area contributed by atoms with Crippen molar-refractivity contribution in [3.8, 4) is 0 Å². The van der Waals surface area contributed by atoms with Crippen LogP contribution in [0.4, 0.5) is 0 Å². The van der Waals surface area contributed by atoms with Gasteiger partial charge in [-0.15, -0.1) is 24.8 Å². The molecular weight excluding hydrogens is 337 g/mol. The number of rotatable bonds is 3. The molecule has 5 nitrogen and oxygen atoms in total. The third-order valence-electron chi connectivity index (χ3n) is 5.15. The molecule has 0 saturated carbocycles. The summed E-state index contributed by atoms with van der Waals surface area (Å²) in [6.07, 6.45) is 5.75. The van der Waals surface area contributed by atoms with Gasteiger partial charge in [0.05, 0.1) is 19.3 Å². The Labute approximate surface area is 152 Å². The molecule has 1 amide bonds. The highest BCUT2D eigenvalue weighted by atomic mass is 35.5. The molecule has 3 saturated heterocycles. The smallest absolute Gasteiger partial charge is 0.239 e. The van der Waals surface area contributed by atoms with Crippen molar-refractivity contribution >= 4 is 30.7 Å². The van der Waals surface area contributed by atoms with E-state index in [1.807, 2.05) is 0 Å². The predicted octanol–water partition coefficient (Wildman–Crippen LogP) is 1.54. The van der Waals surface area contributed by atoms with Crippen LogP contribution in [-0.4, -0.2) is 74.2 Å². The summed E-state index contributed by atoms with van der Waals surface area (Å²) in [5, 5.41) is 3.38. The van der Waals surface area contributed by atoms with Gasteiger partial charge >= 0.3 is 0 Å².